The van der Waals surface area contributed by atoms with Crippen LogP contribution in [0.5, 0.6) is 5.75 Å². The molecule has 0 saturated heterocycles. The van der Waals surface area contributed by atoms with Crippen LogP contribution in [-0.2, 0) is 11.2 Å². The second-order valence-corrected chi connectivity index (χ2v) is 4.99. The van der Waals surface area contributed by atoms with Crippen LogP contribution in [-0.4, -0.2) is 17.7 Å². The Bertz CT molecular complexity index is 666. The molecule has 0 aliphatic carbocycles. The topological polar surface area (TPSA) is 58.6 Å². The molecule has 0 aliphatic heterocycles. The van der Waals surface area contributed by atoms with E-state index in [4.69, 9.17) is 4.74 Å². The number of aryl methyl sites for hydroxylation is 1. The van der Waals surface area contributed by atoms with Crippen LogP contribution in [0.4, 0.5) is 11.4 Å². The lowest BCUT2D eigenvalue weighted by molar-refractivity contribution is 0.0524. The van der Waals surface area contributed by atoms with Gasteiger partial charge in [0.15, 0.2) is 0 Å². The second-order valence-electron chi connectivity index (χ2n) is 4.99. The Morgan fingerprint density at radius 2 is 1.91 bits per heavy atom. The van der Waals surface area contributed by atoms with Gasteiger partial charge in [0, 0.05) is 5.69 Å². The van der Waals surface area contributed by atoms with Gasteiger partial charge in [-0.1, -0.05) is 25.1 Å². The minimum absolute atomic E-state index is 0.131. The second kappa shape index (κ2) is 6.98. The first-order valence-corrected chi connectivity index (χ1v) is 7.43. The molecule has 0 aromatic heterocycles. The molecule has 0 atom stereocenters. The molecule has 0 bridgehead atoms. The fraction of sp³-hybridized carbons (Fsp3) is 0.278. The molecule has 0 heterocycles. The van der Waals surface area contributed by atoms with Gasteiger partial charge < -0.3 is 15.2 Å². The van der Waals surface area contributed by atoms with E-state index < -0.39 is 0 Å². The van der Waals surface area contributed by atoms with Gasteiger partial charge >= 0.3 is 5.97 Å². The number of phenols is 1. The number of para-hydroxylation sites is 1. The molecule has 4 heteroatoms. The van der Waals surface area contributed by atoms with Crippen LogP contribution in [0.15, 0.2) is 36.4 Å². The van der Waals surface area contributed by atoms with Gasteiger partial charge in [-0.15, -0.1) is 0 Å². The van der Waals surface area contributed by atoms with E-state index in [1.807, 2.05) is 44.2 Å². The number of benzene rings is 2. The number of ether oxygens (including phenoxy) is 1. The molecule has 0 fully saturated rings. The van der Waals surface area contributed by atoms with E-state index in [0.717, 1.165) is 11.3 Å². The fourth-order valence-corrected chi connectivity index (χ4v) is 2.46. The maximum Gasteiger partial charge on any atom is 0.338 e. The van der Waals surface area contributed by atoms with Crippen molar-refractivity contribution in [2.45, 2.75) is 27.2 Å². The van der Waals surface area contributed by atoms with Crippen molar-refractivity contribution in [1.29, 1.82) is 0 Å². The zero-order valence-corrected chi connectivity index (χ0v) is 13.1. The minimum Gasteiger partial charge on any atom is -0.506 e. The molecule has 2 aromatic carbocycles. The highest BCUT2D eigenvalue weighted by Gasteiger charge is 2.20. The van der Waals surface area contributed by atoms with E-state index in [1.165, 1.54) is 0 Å². The lowest BCUT2D eigenvalue weighted by Gasteiger charge is -2.17. The number of esters is 1. The van der Waals surface area contributed by atoms with Crippen LogP contribution in [0.2, 0.25) is 0 Å². The van der Waals surface area contributed by atoms with Gasteiger partial charge in [0.05, 0.1) is 17.9 Å². The normalized spacial score (nSPS) is 10.3. The van der Waals surface area contributed by atoms with E-state index in [1.54, 1.807) is 13.0 Å². The van der Waals surface area contributed by atoms with Gasteiger partial charge in [-0.3, -0.25) is 0 Å². The molecule has 0 saturated carbocycles. The van der Waals surface area contributed by atoms with Gasteiger partial charge in [-0.05, 0) is 49.6 Å². The van der Waals surface area contributed by atoms with Gasteiger partial charge in [-0.2, -0.15) is 0 Å². The Hall–Kier alpha value is -2.49. The van der Waals surface area contributed by atoms with Gasteiger partial charge in [0.2, 0.25) is 0 Å². The van der Waals surface area contributed by atoms with E-state index in [9.17, 15) is 9.90 Å². The molecular formula is C18H21NO3. The van der Waals surface area contributed by atoms with Crippen LogP contribution in [0.1, 0.15) is 35.3 Å². The summed E-state index contributed by atoms with van der Waals surface area (Å²) in [5.74, 6) is -0.223. The molecule has 4 nitrogen and oxygen atoms in total. The van der Waals surface area contributed by atoms with Crippen molar-refractivity contribution >= 4 is 17.3 Å². The number of carbonyl (C=O) groups excluding carboxylic acids is 1. The molecule has 2 N–H and O–H groups in total. The SMILES string of the molecule is CCOC(=O)c1c(CC)cc(O)c(Nc2ccccc2)c1C. The average molecular weight is 299 g/mol. The first kappa shape index (κ1) is 15.9. The molecule has 22 heavy (non-hydrogen) atoms. The monoisotopic (exact) mass is 299 g/mol. The predicted octanol–water partition coefficient (Wildman–Crippen LogP) is 4.18. The van der Waals surface area contributed by atoms with Crippen molar-refractivity contribution in [3.05, 3.63) is 53.1 Å². The highest BCUT2D eigenvalue weighted by atomic mass is 16.5. The summed E-state index contributed by atoms with van der Waals surface area (Å²) in [6.45, 7) is 5.86. The summed E-state index contributed by atoms with van der Waals surface area (Å²) in [5.41, 5.74) is 3.39. The lowest BCUT2D eigenvalue weighted by Crippen LogP contribution is -2.11. The van der Waals surface area contributed by atoms with Crippen molar-refractivity contribution in [2.24, 2.45) is 0 Å². The number of anilines is 2. The number of aromatic hydroxyl groups is 1. The summed E-state index contributed by atoms with van der Waals surface area (Å²) in [6.07, 6.45) is 0.647. The van der Waals surface area contributed by atoms with Crippen LogP contribution in [0.3, 0.4) is 0 Å². The van der Waals surface area contributed by atoms with Crippen molar-refractivity contribution in [3.63, 3.8) is 0 Å². The van der Waals surface area contributed by atoms with Crippen molar-refractivity contribution in [1.82, 2.24) is 0 Å². The molecular weight excluding hydrogens is 278 g/mol. The molecule has 0 spiro atoms. The highest BCUT2D eigenvalue weighted by molar-refractivity contribution is 5.96. The van der Waals surface area contributed by atoms with E-state index >= 15 is 0 Å². The molecule has 2 rings (SSSR count). The van der Waals surface area contributed by atoms with Gasteiger partial charge in [0.1, 0.15) is 5.75 Å². The van der Waals surface area contributed by atoms with Crippen LogP contribution < -0.4 is 5.32 Å². The maximum absolute atomic E-state index is 12.2. The number of nitrogens with one attached hydrogen (secondary N) is 1. The zero-order chi connectivity index (χ0) is 16.1. The summed E-state index contributed by atoms with van der Waals surface area (Å²) >= 11 is 0. The lowest BCUT2D eigenvalue weighted by atomic mass is 9.97. The average Bonchev–Trinajstić information content (AvgIpc) is 2.52. The van der Waals surface area contributed by atoms with Crippen LogP contribution in [0, 0.1) is 6.92 Å². The summed E-state index contributed by atoms with van der Waals surface area (Å²) in [5, 5.41) is 13.5. The van der Waals surface area contributed by atoms with Crippen molar-refractivity contribution in [2.75, 3.05) is 11.9 Å². The number of hydrogen-bond acceptors (Lipinski definition) is 4. The van der Waals surface area contributed by atoms with E-state index in [0.29, 0.717) is 29.8 Å². The number of hydrogen-bond donors (Lipinski definition) is 2. The Labute approximate surface area is 130 Å². The molecule has 0 radical (unpaired) electrons. The Kier molecular flexibility index (Phi) is 5.04. The van der Waals surface area contributed by atoms with Gasteiger partial charge in [0.25, 0.3) is 0 Å². The minimum atomic E-state index is -0.354. The highest BCUT2D eigenvalue weighted by Crippen LogP contribution is 2.35. The van der Waals surface area contributed by atoms with E-state index in [2.05, 4.69) is 5.32 Å². The quantitative estimate of drug-likeness (QED) is 0.642. The summed E-state index contributed by atoms with van der Waals surface area (Å²) in [4.78, 5) is 12.2. The third-order valence-corrected chi connectivity index (χ3v) is 3.54. The standard InChI is InChI=1S/C18H21NO3/c1-4-13-11-15(20)17(19-14-9-7-6-8-10-14)12(3)16(13)18(21)22-5-2/h6-11,19-20H,4-5H2,1-3H3. The predicted molar refractivity (Wildman–Crippen MR) is 87.9 cm³/mol. The van der Waals surface area contributed by atoms with Crippen LogP contribution >= 0.6 is 0 Å². The van der Waals surface area contributed by atoms with E-state index in [-0.39, 0.29) is 11.7 Å². The van der Waals surface area contributed by atoms with Crippen molar-refractivity contribution < 1.29 is 14.6 Å². The maximum atomic E-state index is 12.2. The number of phenolic OH excluding ortho intramolecular Hbond substituents is 1. The zero-order valence-electron chi connectivity index (χ0n) is 13.1. The summed E-state index contributed by atoms with van der Waals surface area (Å²) in [7, 11) is 0. The Morgan fingerprint density at radius 1 is 1.23 bits per heavy atom. The molecule has 116 valence electrons. The smallest absolute Gasteiger partial charge is 0.338 e. The third kappa shape index (κ3) is 3.22. The Morgan fingerprint density at radius 3 is 2.50 bits per heavy atom. The number of carbonyl (C=O) groups is 1. The number of rotatable bonds is 5. The van der Waals surface area contributed by atoms with Gasteiger partial charge in [-0.25, -0.2) is 4.79 Å². The fourth-order valence-electron chi connectivity index (χ4n) is 2.46. The first-order valence-electron chi connectivity index (χ1n) is 7.43. The molecule has 0 amide bonds. The molecule has 0 unspecified atom stereocenters. The molecule has 0 aliphatic rings. The summed E-state index contributed by atoms with van der Waals surface area (Å²) in [6, 6.07) is 11.2. The molecule has 2 aromatic rings. The van der Waals surface area contributed by atoms with Crippen LogP contribution in [0.25, 0.3) is 0 Å². The van der Waals surface area contributed by atoms with Crippen molar-refractivity contribution in [3.8, 4) is 5.75 Å². The third-order valence-electron chi connectivity index (χ3n) is 3.54. The largest absolute Gasteiger partial charge is 0.506 e. The Balaban J connectivity index is 2.50. The first-order chi connectivity index (χ1) is 10.6. The summed E-state index contributed by atoms with van der Waals surface area (Å²) < 4.78 is 5.15.